The Balaban J connectivity index is 2.12. The molecule has 2 rings (SSSR count). The monoisotopic (exact) mass is 352 g/mol. The average Bonchev–Trinajstić information content (AvgIpc) is 2.68. The minimum atomic E-state index is -1.78. The van der Waals surface area contributed by atoms with Crippen LogP contribution in [-0.2, 0) is 10.4 Å². The van der Waals surface area contributed by atoms with Gasteiger partial charge in [0.1, 0.15) is 0 Å². The number of carbonyl (C=O) groups is 1. The molecule has 5 nitrogen and oxygen atoms in total. The molecular formula is C21H24N2O3. The summed E-state index contributed by atoms with van der Waals surface area (Å²) >= 11 is 0. The van der Waals surface area contributed by atoms with Gasteiger partial charge in [0.05, 0.1) is 19.7 Å². The van der Waals surface area contributed by atoms with E-state index < -0.39 is 11.5 Å². The number of hydrogen-bond donors (Lipinski definition) is 3. The van der Waals surface area contributed by atoms with Crippen LogP contribution in [0.1, 0.15) is 11.1 Å². The maximum atomic E-state index is 12.8. The fourth-order valence-corrected chi connectivity index (χ4v) is 2.54. The zero-order valence-corrected chi connectivity index (χ0v) is 14.9. The minimum absolute atomic E-state index is 0.0795. The number of likely N-dealkylation sites (N-methyl/N-ethyl adjacent to an activating group) is 1. The molecule has 5 heteroatoms. The van der Waals surface area contributed by atoms with E-state index in [1.807, 2.05) is 24.1 Å². The number of hydrogen-bond acceptors (Lipinski definition) is 4. The van der Waals surface area contributed by atoms with Crippen molar-refractivity contribution in [1.82, 2.24) is 10.2 Å². The quantitative estimate of drug-likeness (QED) is 0.649. The topological polar surface area (TPSA) is 72.8 Å². The van der Waals surface area contributed by atoms with Crippen LogP contribution >= 0.6 is 0 Å². The lowest BCUT2D eigenvalue weighted by Crippen LogP contribution is -2.45. The van der Waals surface area contributed by atoms with Gasteiger partial charge in [-0.1, -0.05) is 72.5 Å². The van der Waals surface area contributed by atoms with E-state index >= 15 is 0 Å². The lowest BCUT2D eigenvalue weighted by molar-refractivity contribution is -0.136. The average molecular weight is 352 g/mol. The van der Waals surface area contributed by atoms with Gasteiger partial charge in [-0.15, -0.1) is 0 Å². The Labute approximate surface area is 154 Å². The van der Waals surface area contributed by atoms with E-state index in [1.165, 1.54) is 0 Å². The molecule has 0 aromatic heterocycles. The van der Waals surface area contributed by atoms with Gasteiger partial charge in [0.15, 0.2) is 5.60 Å². The molecule has 0 saturated carbocycles. The molecule has 2 aromatic carbocycles. The standard InChI is InChI=1S/C21H24N2O3/c1-23(16-17-24)15-9-8-14-22-20(25)21(26,18-10-4-2-5-11-18)19-12-6-3-7-13-19/h2-7,10-13,24,26H,14-17H2,1H3,(H,22,25). The van der Waals surface area contributed by atoms with Crippen molar-refractivity contribution in [2.45, 2.75) is 5.60 Å². The van der Waals surface area contributed by atoms with Crippen LogP contribution in [0.4, 0.5) is 0 Å². The summed E-state index contributed by atoms with van der Waals surface area (Å²) in [4.78, 5) is 14.7. The zero-order valence-electron chi connectivity index (χ0n) is 14.9. The van der Waals surface area contributed by atoms with Gasteiger partial charge in [0.25, 0.3) is 5.91 Å². The second kappa shape index (κ2) is 9.73. The van der Waals surface area contributed by atoms with Crippen LogP contribution in [0.5, 0.6) is 0 Å². The van der Waals surface area contributed by atoms with E-state index in [-0.39, 0.29) is 13.2 Å². The number of nitrogens with one attached hydrogen (secondary N) is 1. The highest BCUT2D eigenvalue weighted by molar-refractivity contribution is 5.90. The van der Waals surface area contributed by atoms with Crippen molar-refractivity contribution in [2.75, 3.05) is 33.3 Å². The second-order valence-corrected chi connectivity index (χ2v) is 5.94. The normalized spacial score (nSPS) is 10.9. The summed E-state index contributed by atoms with van der Waals surface area (Å²) in [6, 6.07) is 17.7. The van der Waals surface area contributed by atoms with Crippen LogP contribution in [0.2, 0.25) is 0 Å². The fraction of sp³-hybridized carbons (Fsp3) is 0.286. The van der Waals surface area contributed by atoms with E-state index in [0.717, 1.165) is 0 Å². The Morgan fingerprint density at radius 1 is 1.04 bits per heavy atom. The number of carbonyl (C=O) groups excluding carboxylic acids is 1. The Kier molecular flexibility index (Phi) is 7.37. The summed E-state index contributed by atoms with van der Waals surface area (Å²) in [7, 11) is 1.85. The molecular weight excluding hydrogens is 328 g/mol. The Morgan fingerprint density at radius 3 is 2.08 bits per heavy atom. The van der Waals surface area contributed by atoms with E-state index in [1.54, 1.807) is 48.5 Å². The number of amides is 1. The van der Waals surface area contributed by atoms with Crippen LogP contribution in [-0.4, -0.2) is 54.3 Å². The first-order chi connectivity index (χ1) is 12.6. The largest absolute Gasteiger partial charge is 0.395 e. The maximum Gasteiger partial charge on any atom is 0.262 e. The predicted molar refractivity (Wildman–Crippen MR) is 101 cm³/mol. The van der Waals surface area contributed by atoms with Gasteiger partial charge in [0, 0.05) is 6.54 Å². The van der Waals surface area contributed by atoms with Crippen LogP contribution < -0.4 is 5.32 Å². The summed E-state index contributed by atoms with van der Waals surface area (Å²) in [5.74, 6) is 5.27. The number of nitrogens with zero attached hydrogens (tertiary/aromatic N) is 1. The summed E-state index contributed by atoms with van der Waals surface area (Å²) in [5.41, 5.74) is -0.781. The van der Waals surface area contributed by atoms with E-state index in [2.05, 4.69) is 17.2 Å². The molecule has 0 saturated heterocycles. The van der Waals surface area contributed by atoms with Gasteiger partial charge in [-0.05, 0) is 18.2 Å². The molecule has 0 aliphatic heterocycles. The lowest BCUT2D eigenvalue weighted by atomic mass is 9.85. The maximum absolute atomic E-state index is 12.8. The lowest BCUT2D eigenvalue weighted by Gasteiger charge is -2.27. The van der Waals surface area contributed by atoms with Gasteiger partial charge >= 0.3 is 0 Å². The highest BCUT2D eigenvalue weighted by atomic mass is 16.3. The van der Waals surface area contributed by atoms with E-state index in [4.69, 9.17) is 5.11 Å². The van der Waals surface area contributed by atoms with Crippen LogP contribution in [0.15, 0.2) is 60.7 Å². The first kappa shape index (κ1) is 19.7. The molecule has 0 fully saturated rings. The molecule has 3 N–H and O–H groups in total. The number of aliphatic hydroxyl groups excluding tert-OH is 1. The van der Waals surface area contributed by atoms with Crippen LogP contribution in [0, 0.1) is 11.8 Å². The van der Waals surface area contributed by atoms with Gasteiger partial charge in [-0.25, -0.2) is 0 Å². The second-order valence-electron chi connectivity index (χ2n) is 5.94. The third-order valence-corrected chi connectivity index (χ3v) is 4.00. The van der Waals surface area contributed by atoms with Crippen molar-refractivity contribution >= 4 is 5.91 Å². The van der Waals surface area contributed by atoms with Crippen molar-refractivity contribution in [1.29, 1.82) is 0 Å². The van der Waals surface area contributed by atoms with Crippen molar-refractivity contribution < 1.29 is 15.0 Å². The molecule has 0 atom stereocenters. The number of rotatable bonds is 7. The van der Waals surface area contributed by atoms with Crippen LogP contribution in [0.25, 0.3) is 0 Å². The first-order valence-corrected chi connectivity index (χ1v) is 8.46. The molecule has 136 valence electrons. The van der Waals surface area contributed by atoms with Crippen molar-refractivity contribution in [3.8, 4) is 11.8 Å². The fourth-order valence-electron chi connectivity index (χ4n) is 2.54. The van der Waals surface area contributed by atoms with E-state index in [9.17, 15) is 9.90 Å². The molecule has 1 amide bonds. The Bertz CT molecular complexity index is 712. The summed E-state index contributed by atoms with van der Waals surface area (Å²) < 4.78 is 0. The number of aliphatic hydroxyl groups is 2. The van der Waals surface area contributed by atoms with E-state index in [0.29, 0.717) is 24.2 Å². The smallest absolute Gasteiger partial charge is 0.262 e. The Morgan fingerprint density at radius 2 is 1.58 bits per heavy atom. The highest BCUT2D eigenvalue weighted by Gasteiger charge is 2.39. The van der Waals surface area contributed by atoms with Gasteiger partial charge in [-0.3, -0.25) is 9.69 Å². The first-order valence-electron chi connectivity index (χ1n) is 8.46. The molecule has 0 unspecified atom stereocenters. The SMILES string of the molecule is CN(CC#CCNC(=O)C(O)(c1ccccc1)c1ccccc1)CCO. The summed E-state index contributed by atoms with van der Waals surface area (Å²) in [5, 5.41) is 22.8. The number of benzene rings is 2. The van der Waals surface area contributed by atoms with Gasteiger partial charge < -0.3 is 15.5 Å². The molecule has 2 aromatic rings. The van der Waals surface area contributed by atoms with Crippen molar-refractivity contribution in [3.05, 3.63) is 71.8 Å². The van der Waals surface area contributed by atoms with Gasteiger partial charge in [0.2, 0.25) is 0 Å². The summed E-state index contributed by atoms with van der Waals surface area (Å²) in [6.45, 7) is 1.25. The third-order valence-electron chi connectivity index (χ3n) is 4.00. The molecule has 0 spiro atoms. The van der Waals surface area contributed by atoms with Gasteiger partial charge in [-0.2, -0.15) is 0 Å². The molecule has 0 bridgehead atoms. The predicted octanol–water partition coefficient (Wildman–Crippen LogP) is 0.966. The minimum Gasteiger partial charge on any atom is -0.395 e. The van der Waals surface area contributed by atoms with Crippen LogP contribution in [0.3, 0.4) is 0 Å². The molecule has 0 aliphatic rings. The highest BCUT2D eigenvalue weighted by Crippen LogP contribution is 2.29. The van der Waals surface area contributed by atoms with Crippen molar-refractivity contribution in [3.63, 3.8) is 0 Å². The molecule has 0 aliphatic carbocycles. The summed E-state index contributed by atoms with van der Waals surface area (Å²) in [6.07, 6.45) is 0. The zero-order chi connectivity index (χ0) is 18.8. The molecule has 26 heavy (non-hydrogen) atoms. The molecule has 0 heterocycles. The van der Waals surface area contributed by atoms with Crippen molar-refractivity contribution in [2.24, 2.45) is 0 Å². The molecule has 0 radical (unpaired) electrons. The Hall–Kier alpha value is -2.65. The third kappa shape index (κ3) is 4.93.